The molecule has 3 rings (SSSR count). The van der Waals surface area contributed by atoms with E-state index in [0.717, 1.165) is 63.1 Å². The number of nitrogens with two attached hydrogens (primary N) is 1. The first kappa shape index (κ1) is 23.8. The van der Waals surface area contributed by atoms with Crippen LogP contribution in [-0.2, 0) is 17.6 Å². The van der Waals surface area contributed by atoms with Gasteiger partial charge in [0, 0.05) is 44.5 Å². The number of aromatic nitrogens is 1. The van der Waals surface area contributed by atoms with Crippen LogP contribution in [0.3, 0.4) is 0 Å². The number of amides is 2. The van der Waals surface area contributed by atoms with Crippen LogP contribution in [0.15, 0.2) is 36.5 Å². The van der Waals surface area contributed by atoms with Crippen LogP contribution < -0.4 is 5.73 Å². The molecular weight excluding hydrogens is 414 g/mol. The minimum atomic E-state index is -0.874. The third kappa shape index (κ3) is 7.09. The van der Waals surface area contributed by atoms with E-state index in [1.807, 2.05) is 11.0 Å². The van der Waals surface area contributed by atoms with Gasteiger partial charge < -0.3 is 10.6 Å². The highest BCUT2D eigenvalue weighted by Crippen LogP contribution is 2.13. The van der Waals surface area contributed by atoms with Gasteiger partial charge in [0.05, 0.1) is 5.56 Å². The monoisotopic (exact) mass is 444 g/mol. The Labute approximate surface area is 187 Å². The lowest BCUT2D eigenvalue weighted by Gasteiger charge is -2.34. The van der Waals surface area contributed by atoms with Crippen molar-refractivity contribution >= 4 is 11.8 Å². The molecular formula is C24H30F2N4O2. The summed E-state index contributed by atoms with van der Waals surface area (Å²) >= 11 is 0. The molecule has 172 valence electrons. The van der Waals surface area contributed by atoms with Gasteiger partial charge in [0.25, 0.3) is 0 Å². The highest BCUT2D eigenvalue weighted by molar-refractivity contribution is 5.92. The second-order valence-corrected chi connectivity index (χ2v) is 8.18. The molecule has 1 aromatic carbocycles. The van der Waals surface area contributed by atoms with E-state index < -0.39 is 17.5 Å². The largest absolute Gasteiger partial charge is 0.366 e. The van der Waals surface area contributed by atoms with Crippen molar-refractivity contribution in [1.29, 1.82) is 0 Å². The third-order valence-electron chi connectivity index (χ3n) is 5.85. The van der Waals surface area contributed by atoms with Crippen LogP contribution in [0.25, 0.3) is 0 Å². The highest BCUT2D eigenvalue weighted by Gasteiger charge is 2.20. The van der Waals surface area contributed by atoms with E-state index in [4.69, 9.17) is 5.73 Å². The molecule has 1 aromatic heterocycles. The van der Waals surface area contributed by atoms with Crippen molar-refractivity contribution in [3.05, 3.63) is 65.0 Å². The van der Waals surface area contributed by atoms with E-state index in [1.54, 1.807) is 6.07 Å². The van der Waals surface area contributed by atoms with Crippen LogP contribution in [0.5, 0.6) is 0 Å². The van der Waals surface area contributed by atoms with Crippen LogP contribution >= 0.6 is 0 Å². The molecule has 1 fully saturated rings. The Morgan fingerprint density at radius 2 is 1.72 bits per heavy atom. The SMILES string of the molecule is NC(=O)c1ccc(CCCCCN2CCN(C(=O)CCc3ccc(F)c(F)c3)CC2)nc1. The Kier molecular flexibility index (Phi) is 8.67. The molecule has 32 heavy (non-hydrogen) atoms. The molecule has 0 unspecified atom stereocenters. The van der Waals surface area contributed by atoms with Crippen molar-refractivity contribution in [3.63, 3.8) is 0 Å². The van der Waals surface area contributed by atoms with Crippen LogP contribution in [0.4, 0.5) is 8.78 Å². The predicted octanol–water partition coefficient (Wildman–Crippen LogP) is 2.95. The van der Waals surface area contributed by atoms with Crippen molar-refractivity contribution in [2.75, 3.05) is 32.7 Å². The Balaban J connectivity index is 1.28. The molecule has 1 saturated heterocycles. The fraction of sp³-hybridized carbons (Fsp3) is 0.458. The number of hydrogen-bond acceptors (Lipinski definition) is 4. The summed E-state index contributed by atoms with van der Waals surface area (Å²) in [7, 11) is 0. The number of aryl methyl sites for hydroxylation is 2. The van der Waals surface area contributed by atoms with Crippen molar-refractivity contribution in [1.82, 2.24) is 14.8 Å². The van der Waals surface area contributed by atoms with Crippen LogP contribution in [0, 0.1) is 11.6 Å². The molecule has 2 heterocycles. The Morgan fingerprint density at radius 1 is 0.938 bits per heavy atom. The number of piperazine rings is 1. The average Bonchev–Trinajstić information content (AvgIpc) is 2.80. The molecule has 0 spiro atoms. The van der Waals surface area contributed by atoms with Gasteiger partial charge in [0.15, 0.2) is 11.6 Å². The topological polar surface area (TPSA) is 79.5 Å². The predicted molar refractivity (Wildman–Crippen MR) is 118 cm³/mol. The molecule has 8 heteroatoms. The normalized spacial score (nSPS) is 14.5. The maximum absolute atomic E-state index is 13.3. The molecule has 0 bridgehead atoms. The smallest absolute Gasteiger partial charge is 0.250 e. The van der Waals surface area contributed by atoms with Crippen LogP contribution in [-0.4, -0.2) is 59.3 Å². The maximum Gasteiger partial charge on any atom is 0.250 e. The second-order valence-electron chi connectivity index (χ2n) is 8.18. The number of rotatable bonds is 10. The third-order valence-corrected chi connectivity index (χ3v) is 5.85. The molecule has 0 aliphatic carbocycles. The first-order valence-electron chi connectivity index (χ1n) is 11.1. The quantitative estimate of drug-likeness (QED) is 0.572. The molecule has 1 aliphatic heterocycles. The number of nitrogens with zero attached hydrogens (tertiary/aromatic N) is 3. The summed E-state index contributed by atoms with van der Waals surface area (Å²) < 4.78 is 26.3. The zero-order valence-electron chi connectivity index (χ0n) is 18.2. The number of carbonyl (C=O) groups is 2. The lowest BCUT2D eigenvalue weighted by Crippen LogP contribution is -2.48. The van der Waals surface area contributed by atoms with Gasteiger partial charge >= 0.3 is 0 Å². The molecule has 6 nitrogen and oxygen atoms in total. The van der Waals surface area contributed by atoms with E-state index in [1.165, 1.54) is 12.3 Å². The summed E-state index contributed by atoms with van der Waals surface area (Å²) in [6, 6.07) is 7.35. The molecule has 2 aromatic rings. The summed E-state index contributed by atoms with van der Waals surface area (Å²) in [5.41, 5.74) is 7.24. The van der Waals surface area contributed by atoms with Gasteiger partial charge in [0.1, 0.15) is 0 Å². The summed E-state index contributed by atoms with van der Waals surface area (Å²) in [6.45, 7) is 4.12. The average molecular weight is 445 g/mol. The summed E-state index contributed by atoms with van der Waals surface area (Å²) in [4.78, 5) is 32.0. The Bertz CT molecular complexity index is 913. The first-order chi connectivity index (χ1) is 15.4. The second kappa shape index (κ2) is 11.7. The number of halogens is 2. The van der Waals surface area contributed by atoms with Gasteiger partial charge in [-0.3, -0.25) is 19.5 Å². The van der Waals surface area contributed by atoms with Gasteiger partial charge in [-0.2, -0.15) is 0 Å². The molecule has 1 aliphatic rings. The van der Waals surface area contributed by atoms with Gasteiger partial charge in [0.2, 0.25) is 11.8 Å². The van der Waals surface area contributed by atoms with E-state index in [2.05, 4.69) is 9.88 Å². The zero-order valence-corrected chi connectivity index (χ0v) is 18.2. The van der Waals surface area contributed by atoms with Crippen molar-refractivity contribution in [2.24, 2.45) is 5.73 Å². The zero-order chi connectivity index (χ0) is 22.9. The van der Waals surface area contributed by atoms with E-state index >= 15 is 0 Å². The Morgan fingerprint density at radius 3 is 2.38 bits per heavy atom. The van der Waals surface area contributed by atoms with Gasteiger partial charge in [-0.1, -0.05) is 12.5 Å². The minimum Gasteiger partial charge on any atom is -0.366 e. The summed E-state index contributed by atoms with van der Waals surface area (Å²) in [5.74, 6) is -2.15. The van der Waals surface area contributed by atoms with Crippen LogP contribution in [0.2, 0.25) is 0 Å². The van der Waals surface area contributed by atoms with E-state index in [0.29, 0.717) is 37.1 Å². The summed E-state index contributed by atoms with van der Waals surface area (Å²) in [5, 5.41) is 0. The fourth-order valence-corrected chi connectivity index (χ4v) is 3.86. The number of primary amides is 1. The van der Waals surface area contributed by atoms with Gasteiger partial charge in [-0.15, -0.1) is 0 Å². The Hall–Kier alpha value is -2.87. The summed E-state index contributed by atoms with van der Waals surface area (Å²) in [6.07, 6.45) is 6.33. The van der Waals surface area contributed by atoms with Crippen molar-refractivity contribution in [3.8, 4) is 0 Å². The lowest BCUT2D eigenvalue weighted by atomic mass is 10.1. The van der Waals surface area contributed by atoms with E-state index in [-0.39, 0.29) is 5.91 Å². The van der Waals surface area contributed by atoms with Crippen molar-refractivity contribution in [2.45, 2.75) is 38.5 Å². The number of hydrogen-bond donors (Lipinski definition) is 1. The molecule has 2 amide bonds. The standard InChI is InChI=1S/C24H30F2N4O2/c25-21-9-5-18(16-22(21)26)6-10-23(31)30-14-12-29(13-15-30)11-3-1-2-4-20-8-7-19(17-28-20)24(27)32/h5,7-9,16-17H,1-4,6,10-15H2,(H2,27,32). The van der Waals surface area contributed by atoms with Crippen molar-refractivity contribution < 1.29 is 18.4 Å². The van der Waals surface area contributed by atoms with E-state index in [9.17, 15) is 18.4 Å². The van der Waals surface area contributed by atoms with Gasteiger partial charge in [-0.05, 0) is 62.1 Å². The van der Waals surface area contributed by atoms with Gasteiger partial charge in [-0.25, -0.2) is 8.78 Å². The highest BCUT2D eigenvalue weighted by atomic mass is 19.2. The maximum atomic E-state index is 13.3. The van der Waals surface area contributed by atoms with Crippen LogP contribution in [0.1, 0.15) is 47.3 Å². The lowest BCUT2D eigenvalue weighted by molar-refractivity contribution is -0.132. The molecule has 0 saturated carbocycles. The number of carbonyl (C=O) groups excluding carboxylic acids is 2. The number of benzene rings is 1. The number of unbranched alkanes of at least 4 members (excludes halogenated alkanes) is 2. The fourth-order valence-electron chi connectivity index (χ4n) is 3.86. The molecule has 2 N–H and O–H groups in total. The minimum absolute atomic E-state index is 0.0595. The first-order valence-corrected chi connectivity index (χ1v) is 11.1. The molecule has 0 radical (unpaired) electrons. The molecule has 0 atom stereocenters. The number of pyridine rings is 1.